The summed E-state index contributed by atoms with van der Waals surface area (Å²) < 4.78 is 0. The molecule has 0 radical (unpaired) electrons. The Balaban J connectivity index is 2.34. The van der Waals surface area contributed by atoms with Gasteiger partial charge in [0.25, 0.3) is 5.56 Å². The largest absolute Gasteiger partial charge is 0.346 e. The van der Waals surface area contributed by atoms with Crippen LogP contribution in [0.25, 0.3) is 0 Å². The molecule has 1 atom stereocenters. The Morgan fingerprint density at radius 3 is 2.94 bits per heavy atom. The van der Waals surface area contributed by atoms with Gasteiger partial charge >= 0.3 is 5.69 Å². The van der Waals surface area contributed by atoms with E-state index in [4.69, 9.17) is 5.73 Å². The van der Waals surface area contributed by atoms with E-state index >= 15 is 0 Å². The first kappa shape index (κ1) is 10.9. The van der Waals surface area contributed by atoms with Gasteiger partial charge in [-0.1, -0.05) is 0 Å². The molecule has 1 aliphatic rings. The molecule has 16 heavy (non-hydrogen) atoms. The minimum absolute atomic E-state index is 0.133. The molecule has 7 nitrogen and oxygen atoms in total. The van der Waals surface area contributed by atoms with Crippen molar-refractivity contribution in [3.05, 3.63) is 20.8 Å². The SMILES string of the molecule is NCC1CCCCN1c1n[nH]c(=O)[nH]c1=O. The smallest absolute Gasteiger partial charge is 0.342 e. The molecule has 2 rings (SSSR count). The number of nitrogens with zero attached hydrogens (tertiary/aromatic N) is 2. The first-order valence-electron chi connectivity index (χ1n) is 5.38. The Morgan fingerprint density at radius 2 is 2.25 bits per heavy atom. The normalized spacial score (nSPS) is 21.1. The number of aromatic nitrogens is 3. The van der Waals surface area contributed by atoms with Crippen molar-refractivity contribution in [1.82, 2.24) is 15.2 Å². The van der Waals surface area contributed by atoms with Crippen LogP contribution in [-0.2, 0) is 0 Å². The van der Waals surface area contributed by atoms with E-state index in [1.54, 1.807) is 0 Å². The van der Waals surface area contributed by atoms with E-state index in [9.17, 15) is 9.59 Å². The van der Waals surface area contributed by atoms with Crippen LogP contribution >= 0.6 is 0 Å². The molecule has 1 aromatic rings. The average molecular weight is 225 g/mol. The van der Waals surface area contributed by atoms with Crippen LogP contribution in [0.1, 0.15) is 19.3 Å². The average Bonchev–Trinajstić information content (AvgIpc) is 2.29. The lowest BCUT2D eigenvalue weighted by Crippen LogP contribution is -2.47. The topological polar surface area (TPSA) is 108 Å². The van der Waals surface area contributed by atoms with E-state index in [-0.39, 0.29) is 11.9 Å². The number of rotatable bonds is 2. The fourth-order valence-corrected chi connectivity index (χ4v) is 2.06. The molecule has 0 aliphatic carbocycles. The summed E-state index contributed by atoms with van der Waals surface area (Å²) in [7, 11) is 0. The summed E-state index contributed by atoms with van der Waals surface area (Å²) in [5, 5.41) is 6.03. The van der Waals surface area contributed by atoms with Crippen molar-refractivity contribution in [1.29, 1.82) is 0 Å². The quantitative estimate of drug-likeness (QED) is 0.584. The summed E-state index contributed by atoms with van der Waals surface area (Å²) in [4.78, 5) is 26.5. The molecule has 7 heteroatoms. The van der Waals surface area contributed by atoms with Crippen LogP contribution in [0.4, 0.5) is 5.82 Å². The van der Waals surface area contributed by atoms with Crippen molar-refractivity contribution in [3.63, 3.8) is 0 Å². The van der Waals surface area contributed by atoms with Crippen LogP contribution in [-0.4, -0.2) is 34.3 Å². The van der Waals surface area contributed by atoms with Crippen LogP contribution in [0.5, 0.6) is 0 Å². The summed E-state index contributed by atoms with van der Waals surface area (Å²) in [6.45, 7) is 1.24. The molecule has 0 spiro atoms. The van der Waals surface area contributed by atoms with Gasteiger partial charge in [-0.2, -0.15) is 0 Å². The molecule has 0 saturated carbocycles. The Bertz CT molecular complexity index is 465. The second-order valence-corrected chi connectivity index (χ2v) is 3.91. The highest BCUT2D eigenvalue weighted by molar-refractivity contribution is 5.36. The highest BCUT2D eigenvalue weighted by Crippen LogP contribution is 2.18. The zero-order chi connectivity index (χ0) is 11.5. The first-order chi connectivity index (χ1) is 7.72. The zero-order valence-corrected chi connectivity index (χ0v) is 8.90. The Hall–Kier alpha value is -1.63. The molecule has 4 N–H and O–H groups in total. The molecule has 1 saturated heterocycles. The Morgan fingerprint density at radius 1 is 1.44 bits per heavy atom. The third kappa shape index (κ3) is 1.99. The van der Waals surface area contributed by atoms with Gasteiger partial charge in [0.2, 0.25) is 5.82 Å². The molecule has 2 heterocycles. The van der Waals surface area contributed by atoms with Gasteiger partial charge in [-0.15, -0.1) is 5.10 Å². The molecule has 0 bridgehead atoms. The Kier molecular flexibility index (Phi) is 3.04. The molecule has 1 fully saturated rings. The minimum atomic E-state index is -0.588. The first-order valence-corrected chi connectivity index (χ1v) is 5.38. The van der Waals surface area contributed by atoms with E-state index in [0.717, 1.165) is 25.8 Å². The monoisotopic (exact) mass is 225 g/mol. The second kappa shape index (κ2) is 4.48. The van der Waals surface area contributed by atoms with E-state index in [2.05, 4.69) is 15.2 Å². The highest BCUT2D eigenvalue weighted by atomic mass is 16.2. The number of aromatic amines is 2. The van der Waals surface area contributed by atoms with Crippen molar-refractivity contribution in [3.8, 4) is 0 Å². The molecular weight excluding hydrogens is 210 g/mol. The predicted octanol–water partition coefficient (Wildman–Crippen LogP) is -1.22. The zero-order valence-electron chi connectivity index (χ0n) is 8.90. The number of nitrogens with one attached hydrogen (secondary N) is 2. The van der Waals surface area contributed by atoms with E-state index in [1.807, 2.05) is 4.90 Å². The van der Waals surface area contributed by atoms with Gasteiger partial charge < -0.3 is 10.6 Å². The van der Waals surface area contributed by atoms with Crippen molar-refractivity contribution in [2.45, 2.75) is 25.3 Å². The van der Waals surface area contributed by atoms with E-state index in [1.165, 1.54) is 0 Å². The molecule has 1 aromatic heterocycles. The van der Waals surface area contributed by atoms with Gasteiger partial charge in [-0.25, -0.2) is 9.89 Å². The fourth-order valence-electron chi connectivity index (χ4n) is 2.06. The predicted molar refractivity (Wildman–Crippen MR) is 59.5 cm³/mol. The third-order valence-electron chi connectivity index (χ3n) is 2.86. The fraction of sp³-hybridized carbons (Fsp3) is 0.667. The van der Waals surface area contributed by atoms with Crippen LogP contribution in [0.3, 0.4) is 0 Å². The number of anilines is 1. The maximum atomic E-state index is 11.6. The minimum Gasteiger partial charge on any atom is -0.346 e. The number of nitrogens with two attached hydrogens (primary N) is 1. The van der Waals surface area contributed by atoms with Crippen molar-refractivity contribution in [2.24, 2.45) is 5.73 Å². The number of hydrogen-bond acceptors (Lipinski definition) is 5. The van der Waals surface area contributed by atoms with Crippen molar-refractivity contribution in [2.75, 3.05) is 18.0 Å². The van der Waals surface area contributed by atoms with Crippen molar-refractivity contribution >= 4 is 5.82 Å². The van der Waals surface area contributed by atoms with Gasteiger partial charge in [-0.3, -0.25) is 9.78 Å². The molecule has 0 amide bonds. The maximum Gasteiger partial charge on any atom is 0.342 e. The molecule has 1 unspecified atom stereocenters. The van der Waals surface area contributed by atoms with Gasteiger partial charge in [0.15, 0.2) is 0 Å². The van der Waals surface area contributed by atoms with E-state index < -0.39 is 11.2 Å². The summed E-state index contributed by atoms with van der Waals surface area (Å²) in [6.07, 6.45) is 3.08. The Labute approximate surface area is 91.7 Å². The summed E-state index contributed by atoms with van der Waals surface area (Å²) >= 11 is 0. The molecule has 1 aliphatic heterocycles. The lowest BCUT2D eigenvalue weighted by atomic mass is 10.0. The van der Waals surface area contributed by atoms with Gasteiger partial charge in [0, 0.05) is 19.1 Å². The summed E-state index contributed by atoms with van der Waals surface area (Å²) in [6, 6.07) is 0.133. The second-order valence-electron chi connectivity index (χ2n) is 3.91. The summed E-state index contributed by atoms with van der Waals surface area (Å²) in [5.74, 6) is 0.259. The standard InChI is InChI=1S/C9H15N5O2/c10-5-6-3-1-2-4-14(6)7-8(15)11-9(16)13-12-7/h6H,1-5,10H2,(H2,11,13,15,16). The summed E-state index contributed by atoms with van der Waals surface area (Å²) in [5.41, 5.74) is 4.61. The molecule has 88 valence electrons. The lowest BCUT2D eigenvalue weighted by molar-refractivity contribution is 0.458. The highest BCUT2D eigenvalue weighted by Gasteiger charge is 2.24. The number of piperidine rings is 1. The van der Waals surface area contributed by atoms with Crippen LogP contribution in [0.2, 0.25) is 0 Å². The lowest BCUT2D eigenvalue weighted by Gasteiger charge is -2.34. The van der Waals surface area contributed by atoms with Crippen LogP contribution in [0, 0.1) is 0 Å². The maximum absolute atomic E-state index is 11.6. The van der Waals surface area contributed by atoms with Gasteiger partial charge in [0.05, 0.1) is 0 Å². The molecular formula is C9H15N5O2. The number of H-pyrrole nitrogens is 2. The molecule has 0 aromatic carbocycles. The van der Waals surface area contributed by atoms with Crippen molar-refractivity contribution < 1.29 is 0 Å². The van der Waals surface area contributed by atoms with Crippen LogP contribution < -0.4 is 21.9 Å². The van der Waals surface area contributed by atoms with Gasteiger partial charge in [0.1, 0.15) is 0 Å². The van der Waals surface area contributed by atoms with E-state index in [0.29, 0.717) is 6.54 Å². The number of hydrogen-bond donors (Lipinski definition) is 3. The third-order valence-corrected chi connectivity index (χ3v) is 2.86. The van der Waals surface area contributed by atoms with Gasteiger partial charge in [-0.05, 0) is 19.3 Å². The van der Waals surface area contributed by atoms with Crippen LogP contribution in [0.15, 0.2) is 9.59 Å².